The normalized spacial score (nSPS) is 23.6. The van der Waals surface area contributed by atoms with Crippen LogP contribution >= 0.6 is 0 Å². The molecule has 1 aromatic heterocycles. The van der Waals surface area contributed by atoms with Crippen molar-refractivity contribution in [2.45, 2.75) is 32.2 Å². The van der Waals surface area contributed by atoms with Gasteiger partial charge in [0.1, 0.15) is 0 Å². The van der Waals surface area contributed by atoms with E-state index in [1.807, 2.05) is 0 Å². The highest BCUT2D eigenvalue weighted by molar-refractivity contribution is 5.32. The van der Waals surface area contributed by atoms with E-state index in [2.05, 4.69) is 34.4 Å². The highest BCUT2D eigenvalue weighted by atomic mass is 16.5. The standard InChI is InChI=1S/C12H20N4O/c1-3-8-17-10-4-6-14-11(15-10)16-12(2)5-7-13-9-12/h4,6,13H,3,5,7-9H2,1-2H3,(H,14,15,16). The van der Waals surface area contributed by atoms with Crippen LogP contribution in [-0.2, 0) is 0 Å². The maximum Gasteiger partial charge on any atom is 0.226 e. The third kappa shape index (κ3) is 3.30. The Morgan fingerprint density at radius 3 is 3.18 bits per heavy atom. The molecule has 17 heavy (non-hydrogen) atoms. The van der Waals surface area contributed by atoms with Crippen LogP contribution in [0.4, 0.5) is 5.95 Å². The molecule has 1 aliphatic heterocycles. The van der Waals surface area contributed by atoms with Gasteiger partial charge in [0.25, 0.3) is 0 Å². The number of hydrogen-bond donors (Lipinski definition) is 2. The lowest BCUT2D eigenvalue weighted by Crippen LogP contribution is -2.37. The van der Waals surface area contributed by atoms with Crippen molar-refractivity contribution in [1.29, 1.82) is 0 Å². The minimum Gasteiger partial charge on any atom is -0.478 e. The van der Waals surface area contributed by atoms with Crippen molar-refractivity contribution in [1.82, 2.24) is 15.3 Å². The second-order valence-corrected chi connectivity index (χ2v) is 4.68. The van der Waals surface area contributed by atoms with Crippen LogP contribution in [0.5, 0.6) is 5.88 Å². The molecule has 0 spiro atoms. The molecule has 1 unspecified atom stereocenters. The van der Waals surface area contributed by atoms with Gasteiger partial charge in [-0.2, -0.15) is 4.98 Å². The Morgan fingerprint density at radius 1 is 1.59 bits per heavy atom. The van der Waals surface area contributed by atoms with E-state index in [-0.39, 0.29) is 5.54 Å². The number of nitrogens with one attached hydrogen (secondary N) is 2. The average molecular weight is 236 g/mol. The monoisotopic (exact) mass is 236 g/mol. The summed E-state index contributed by atoms with van der Waals surface area (Å²) in [5.41, 5.74) is 0.0450. The Balaban J connectivity index is 2.00. The van der Waals surface area contributed by atoms with E-state index in [1.165, 1.54) is 0 Å². The summed E-state index contributed by atoms with van der Waals surface area (Å²) in [5, 5.41) is 6.70. The van der Waals surface area contributed by atoms with Crippen LogP contribution in [0.25, 0.3) is 0 Å². The zero-order valence-electron chi connectivity index (χ0n) is 10.5. The third-order valence-corrected chi connectivity index (χ3v) is 2.87. The Morgan fingerprint density at radius 2 is 2.47 bits per heavy atom. The quantitative estimate of drug-likeness (QED) is 0.810. The van der Waals surface area contributed by atoms with Crippen molar-refractivity contribution in [3.8, 4) is 5.88 Å². The first kappa shape index (κ1) is 12.1. The number of ether oxygens (including phenoxy) is 1. The zero-order valence-corrected chi connectivity index (χ0v) is 10.5. The molecule has 0 bridgehead atoms. The van der Waals surface area contributed by atoms with Gasteiger partial charge in [0.05, 0.1) is 12.1 Å². The van der Waals surface area contributed by atoms with Gasteiger partial charge in [-0.05, 0) is 26.3 Å². The first-order chi connectivity index (χ1) is 8.22. The van der Waals surface area contributed by atoms with Gasteiger partial charge in [-0.1, -0.05) is 6.92 Å². The maximum atomic E-state index is 5.49. The molecule has 1 saturated heterocycles. The fourth-order valence-electron chi connectivity index (χ4n) is 1.88. The molecule has 2 N–H and O–H groups in total. The van der Waals surface area contributed by atoms with E-state index in [0.29, 0.717) is 18.4 Å². The summed E-state index contributed by atoms with van der Waals surface area (Å²) in [6.45, 7) is 6.92. The molecule has 94 valence electrons. The van der Waals surface area contributed by atoms with Gasteiger partial charge in [0.2, 0.25) is 11.8 Å². The Kier molecular flexibility index (Phi) is 3.78. The van der Waals surface area contributed by atoms with E-state index in [4.69, 9.17) is 4.74 Å². The molecule has 1 fully saturated rings. The summed E-state index contributed by atoms with van der Waals surface area (Å²) in [6, 6.07) is 1.79. The van der Waals surface area contributed by atoms with Crippen molar-refractivity contribution in [2.24, 2.45) is 0 Å². The van der Waals surface area contributed by atoms with E-state index >= 15 is 0 Å². The topological polar surface area (TPSA) is 59.1 Å². The third-order valence-electron chi connectivity index (χ3n) is 2.87. The SMILES string of the molecule is CCCOc1ccnc(NC2(C)CCNC2)n1. The van der Waals surface area contributed by atoms with E-state index in [1.54, 1.807) is 12.3 Å². The average Bonchev–Trinajstić information content (AvgIpc) is 2.73. The van der Waals surface area contributed by atoms with Crippen molar-refractivity contribution in [2.75, 3.05) is 25.0 Å². The largest absolute Gasteiger partial charge is 0.478 e. The first-order valence-corrected chi connectivity index (χ1v) is 6.17. The van der Waals surface area contributed by atoms with Crippen LogP contribution in [0.15, 0.2) is 12.3 Å². The fraction of sp³-hybridized carbons (Fsp3) is 0.667. The van der Waals surface area contributed by atoms with Crippen molar-refractivity contribution >= 4 is 5.95 Å². The summed E-state index contributed by atoms with van der Waals surface area (Å²) < 4.78 is 5.49. The summed E-state index contributed by atoms with van der Waals surface area (Å²) in [7, 11) is 0. The molecule has 0 aromatic carbocycles. The lowest BCUT2D eigenvalue weighted by atomic mass is 10.0. The van der Waals surface area contributed by atoms with Crippen molar-refractivity contribution in [3.63, 3.8) is 0 Å². The lowest BCUT2D eigenvalue weighted by molar-refractivity contribution is 0.305. The van der Waals surface area contributed by atoms with Gasteiger partial charge in [0.15, 0.2) is 0 Å². The number of hydrogen-bond acceptors (Lipinski definition) is 5. The van der Waals surface area contributed by atoms with Gasteiger partial charge in [-0.25, -0.2) is 4.98 Å². The van der Waals surface area contributed by atoms with Crippen LogP contribution < -0.4 is 15.4 Å². The summed E-state index contributed by atoms with van der Waals surface area (Å²) in [5.74, 6) is 1.28. The van der Waals surface area contributed by atoms with Gasteiger partial charge >= 0.3 is 0 Å². The Labute approximate surface area is 102 Å². The maximum absolute atomic E-state index is 5.49. The highest BCUT2D eigenvalue weighted by Crippen LogP contribution is 2.19. The van der Waals surface area contributed by atoms with E-state index in [9.17, 15) is 0 Å². The minimum absolute atomic E-state index is 0.0450. The van der Waals surface area contributed by atoms with Gasteiger partial charge in [-0.3, -0.25) is 0 Å². The number of rotatable bonds is 5. The molecule has 2 heterocycles. The van der Waals surface area contributed by atoms with Gasteiger partial charge in [0, 0.05) is 18.8 Å². The van der Waals surface area contributed by atoms with Crippen LogP contribution in [0.2, 0.25) is 0 Å². The summed E-state index contributed by atoms with van der Waals surface area (Å²) >= 11 is 0. The Hall–Kier alpha value is -1.36. The van der Waals surface area contributed by atoms with Crippen LogP contribution in [0.3, 0.4) is 0 Å². The molecule has 1 aromatic rings. The molecule has 1 aliphatic rings. The molecule has 1 atom stereocenters. The predicted octanol–water partition coefficient (Wildman–Crippen LogP) is 1.43. The second kappa shape index (κ2) is 5.31. The van der Waals surface area contributed by atoms with Gasteiger partial charge < -0.3 is 15.4 Å². The number of anilines is 1. The molecule has 0 saturated carbocycles. The van der Waals surface area contributed by atoms with E-state index < -0.39 is 0 Å². The second-order valence-electron chi connectivity index (χ2n) is 4.68. The molecule has 2 rings (SSSR count). The number of nitrogens with zero attached hydrogens (tertiary/aromatic N) is 2. The first-order valence-electron chi connectivity index (χ1n) is 6.17. The molecule has 0 radical (unpaired) electrons. The molecule has 5 heteroatoms. The summed E-state index contributed by atoms with van der Waals surface area (Å²) in [6.07, 6.45) is 3.79. The van der Waals surface area contributed by atoms with Gasteiger partial charge in [-0.15, -0.1) is 0 Å². The predicted molar refractivity (Wildman–Crippen MR) is 67.3 cm³/mol. The minimum atomic E-state index is 0.0450. The van der Waals surface area contributed by atoms with Crippen molar-refractivity contribution < 1.29 is 4.74 Å². The Bertz CT molecular complexity index is 363. The van der Waals surface area contributed by atoms with Crippen molar-refractivity contribution in [3.05, 3.63) is 12.3 Å². The summed E-state index contributed by atoms with van der Waals surface area (Å²) in [4.78, 5) is 8.57. The molecule has 0 amide bonds. The molecular weight excluding hydrogens is 216 g/mol. The van der Waals surface area contributed by atoms with E-state index in [0.717, 1.165) is 25.9 Å². The molecule has 5 nitrogen and oxygen atoms in total. The zero-order chi connectivity index (χ0) is 12.1. The fourth-order valence-corrected chi connectivity index (χ4v) is 1.88. The molecule has 0 aliphatic carbocycles. The van der Waals surface area contributed by atoms with Crippen LogP contribution in [0, 0.1) is 0 Å². The van der Waals surface area contributed by atoms with Crippen LogP contribution in [0.1, 0.15) is 26.7 Å². The number of aromatic nitrogens is 2. The molecular formula is C12H20N4O. The van der Waals surface area contributed by atoms with Crippen LogP contribution in [-0.4, -0.2) is 35.2 Å². The smallest absolute Gasteiger partial charge is 0.226 e. The lowest BCUT2D eigenvalue weighted by Gasteiger charge is -2.24. The highest BCUT2D eigenvalue weighted by Gasteiger charge is 2.28.